The summed E-state index contributed by atoms with van der Waals surface area (Å²) in [5.74, 6) is -0.0262. The molecule has 1 spiro atoms. The first kappa shape index (κ1) is 11.9. The molecule has 0 aromatic rings. The summed E-state index contributed by atoms with van der Waals surface area (Å²) in [6.45, 7) is 1.22. The molecule has 0 aromatic carbocycles. The van der Waals surface area contributed by atoms with Gasteiger partial charge in [0.05, 0.1) is 6.26 Å². The Morgan fingerprint density at radius 3 is 2.31 bits per heavy atom. The predicted molar refractivity (Wildman–Crippen MR) is 60.4 cm³/mol. The molecule has 1 amide bonds. The van der Waals surface area contributed by atoms with E-state index in [0.717, 1.165) is 19.4 Å². The Labute approximate surface area is 96.5 Å². The van der Waals surface area contributed by atoms with Crippen LogP contribution in [0.15, 0.2) is 0 Å². The second-order valence-corrected chi connectivity index (χ2v) is 6.71. The van der Waals surface area contributed by atoms with Gasteiger partial charge in [-0.3, -0.25) is 4.79 Å². The van der Waals surface area contributed by atoms with Crippen molar-refractivity contribution >= 4 is 15.9 Å². The first-order valence-electron chi connectivity index (χ1n) is 5.61. The second kappa shape index (κ2) is 3.70. The third kappa shape index (κ3) is 1.64. The summed E-state index contributed by atoms with van der Waals surface area (Å²) >= 11 is 0. The highest BCUT2D eigenvalue weighted by Gasteiger charge is 2.53. The van der Waals surface area contributed by atoms with Crippen molar-refractivity contribution in [3.63, 3.8) is 0 Å². The topological polar surface area (TPSA) is 57.7 Å². The fraction of sp³-hybridized carbons (Fsp3) is 0.900. The summed E-state index contributed by atoms with van der Waals surface area (Å²) in [7, 11) is -1.53. The van der Waals surface area contributed by atoms with Crippen molar-refractivity contribution in [3.8, 4) is 0 Å². The molecule has 2 aliphatic heterocycles. The molecule has 0 N–H and O–H groups in total. The van der Waals surface area contributed by atoms with E-state index in [0.29, 0.717) is 19.4 Å². The highest BCUT2D eigenvalue weighted by atomic mass is 32.2. The Morgan fingerprint density at radius 2 is 1.75 bits per heavy atom. The summed E-state index contributed by atoms with van der Waals surface area (Å²) < 4.78 is 24.8. The zero-order valence-corrected chi connectivity index (χ0v) is 10.6. The molecule has 2 heterocycles. The van der Waals surface area contributed by atoms with Crippen LogP contribution in [0, 0.1) is 0 Å². The SMILES string of the molecule is CN1CCCC2(CCCN2S(C)(=O)=O)C1=O. The molecule has 5 nitrogen and oxygen atoms in total. The number of likely N-dealkylation sites (tertiary alicyclic amines) is 1. The van der Waals surface area contributed by atoms with Crippen molar-refractivity contribution in [2.75, 3.05) is 26.4 Å². The van der Waals surface area contributed by atoms with Crippen LogP contribution < -0.4 is 0 Å². The van der Waals surface area contributed by atoms with E-state index in [9.17, 15) is 13.2 Å². The Balaban J connectivity index is 2.39. The van der Waals surface area contributed by atoms with Crippen LogP contribution in [0.5, 0.6) is 0 Å². The van der Waals surface area contributed by atoms with Gasteiger partial charge in [0.25, 0.3) is 0 Å². The van der Waals surface area contributed by atoms with E-state index >= 15 is 0 Å². The van der Waals surface area contributed by atoms with Gasteiger partial charge in [0, 0.05) is 20.1 Å². The van der Waals surface area contributed by atoms with E-state index in [1.807, 2.05) is 0 Å². The van der Waals surface area contributed by atoms with E-state index in [1.165, 1.54) is 10.6 Å². The minimum Gasteiger partial charge on any atom is -0.344 e. The molecule has 1 atom stereocenters. The van der Waals surface area contributed by atoms with Gasteiger partial charge in [0.1, 0.15) is 5.54 Å². The number of carbonyl (C=O) groups is 1. The van der Waals surface area contributed by atoms with E-state index in [1.54, 1.807) is 11.9 Å². The van der Waals surface area contributed by atoms with Crippen LogP contribution in [0.1, 0.15) is 25.7 Å². The average Bonchev–Trinajstić information content (AvgIpc) is 2.59. The van der Waals surface area contributed by atoms with E-state index in [2.05, 4.69) is 0 Å². The maximum absolute atomic E-state index is 12.2. The molecule has 16 heavy (non-hydrogen) atoms. The van der Waals surface area contributed by atoms with E-state index < -0.39 is 15.6 Å². The third-order valence-corrected chi connectivity index (χ3v) is 4.99. The molecule has 0 aliphatic carbocycles. The molecule has 0 aromatic heterocycles. The lowest BCUT2D eigenvalue weighted by molar-refractivity contribution is -0.142. The van der Waals surface area contributed by atoms with Crippen LogP contribution in [0.25, 0.3) is 0 Å². The summed E-state index contributed by atoms with van der Waals surface area (Å²) in [5.41, 5.74) is -0.763. The van der Waals surface area contributed by atoms with Crippen LogP contribution in [0.4, 0.5) is 0 Å². The molecular formula is C10H18N2O3S. The van der Waals surface area contributed by atoms with Gasteiger partial charge in [-0.25, -0.2) is 8.42 Å². The molecule has 92 valence electrons. The number of hydrogen-bond acceptors (Lipinski definition) is 3. The van der Waals surface area contributed by atoms with Gasteiger partial charge >= 0.3 is 0 Å². The Hall–Kier alpha value is -0.620. The van der Waals surface area contributed by atoms with Gasteiger partial charge in [-0.2, -0.15) is 4.31 Å². The first-order valence-corrected chi connectivity index (χ1v) is 7.46. The van der Waals surface area contributed by atoms with Crippen molar-refractivity contribution in [3.05, 3.63) is 0 Å². The minimum atomic E-state index is -3.28. The predicted octanol–water partition coefficient (Wildman–Crippen LogP) is 0.0328. The maximum Gasteiger partial charge on any atom is 0.243 e. The fourth-order valence-corrected chi connectivity index (χ4v) is 4.33. The molecule has 2 aliphatic rings. The van der Waals surface area contributed by atoms with Gasteiger partial charge in [-0.05, 0) is 25.7 Å². The van der Waals surface area contributed by atoms with Crippen molar-refractivity contribution < 1.29 is 13.2 Å². The number of likely N-dealkylation sites (N-methyl/N-ethyl adjacent to an activating group) is 1. The van der Waals surface area contributed by atoms with Crippen molar-refractivity contribution in [2.45, 2.75) is 31.2 Å². The average molecular weight is 246 g/mol. The number of carbonyl (C=O) groups excluding carboxylic acids is 1. The van der Waals surface area contributed by atoms with Gasteiger partial charge in [0.2, 0.25) is 15.9 Å². The van der Waals surface area contributed by atoms with Gasteiger partial charge in [0.15, 0.2) is 0 Å². The fourth-order valence-electron chi connectivity index (χ4n) is 2.97. The van der Waals surface area contributed by atoms with Crippen LogP contribution >= 0.6 is 0 Å². The zero-order chi connectivity index (χ0) is 12.0. The second-order valence-electron chi connectivity index (χ2n) is 4.80. The largest absolute Gasteiger partial charge is 0.344 e. The smallest absolute Gasteiger partial charge is 0.243 e. The highest BCUT2D eigenvalue weighted by Crippen LogP contribution is 2.39. The van der Waals surface area contributed by atoms with Crippen LogP contribution in [-0.2, 0) is 14.8 Å². The molecule has 2 fully saturated rings. The molecule has 2 rings (SSSR count). The number of amides is 1. The number of sulfonamides is 1. The van der Waals surface area contributed by atoms with Gasteiger partial charge in [-0.1, -0.05) is 0 Å². The van der Waals surface area contributed by atoms with Crippen LogP contribution in [0.2, 0.25) is 0 Å². The van der Waals surface area contributed by atoms with E-state index in [-0.39, 0.29) is 5.91 Å². The van der Waals surface area contributed by atoms with Crippen molar-refractivity contribution in [1.82, 2.24) is 9.21 Å². The normalized spacial score (nSPS) is 32.6. The zero-order valence-electron chi connectivity index (χ0n) is 9.77. The summed E-state index contributed by atoms with van der Waals surface area (Å²) in [6.07, 6.45) is 4.20. The van der Waals surface area contributed by atoms with Crippen molar-refractivity contribution in [1.29, 1.82) is 0 Å². The Kier molecular flexibility index (Phi) is 2.74. The summed E-state index contributed by atoms with van der Waals surface area (Å²) in [6, 6.07) is 0. The minimum absolute atomic E-state index is 0.0262. The molecule has 1 unspecified atom stereocenters. The van der Waals surface area contributed by atoms with Crippen LogP contribution in [0.3, 0.4) is 0 Å². The first-order chi connectivity index (χ1) is 7.38. The van der Waals surface area contributed by atoms with Crippen molar-refractivity contribution in [2.24, 2.45) is 0 Å². The maximum atomic E-state index is 12.2. The van der Waals surface area contributed by atoms with Gasteiger partial charge in [-0.15, -0.1) is 0 Å². The lowest BCUT2D eigenvalue weighted by Crippen LogP contribution is -2.60. The molecule has 0 saturated carbocycles. The molecule has 0 bridgehead atoms. The molecule has 6 heteroatoms. The molecular weight excluding hydrogens is 228 g/mol. The van der Waals surface area contributed by atoms with Crippen LogP contribution in [-0.4, -0.2) is 55.5 Å². The number of rotatable bonds is 1. The Bertz CT molecular complexity index is 406. The quantitative estimate of drug-likeness (QED) is 0.656. The Morgan fingerprint density at radius 1 is 1.19 bits per heavy atom. The number of piperidine rings is 1. The summed E-state index contributed by atoms with van der Waals surface area (Å²) in [5, 5.41) is 0. The number of nitrogens with zero attached hydrogens (tertiary/aromatic N) is 2. The monoisotopic (exact) mass is 246 g/mol. The lowest BCUT2D eigenvalue weighted by Gasteiger charge is -2.42. The third-order valence-electron chi connectivity index (χ3n) is 3.66. The highest BCUT2D eigenvalue weighted by molar-refractivity contribution is 7.88. The standard InChI is InChI=1S/C10H18N2O3S/c1-11-7-3-5-10(9(11)13)6-4-8-12(10)16(2,14)15/h3-8H2,1-2H3. The van der Waals surface area contributed by atoms with Gasteiger partial charge < -0.3 is 4.90 Å². The number of hydrogen-bond donors (Lipinski definition) is 0. The van der Waals surface area contributed by atoms with E-state index in [4.69, 9.17) is 0 Å². The lowest BCUT2D eigenvalue weighted by atomic mass is 9.87. The summed E-state index contributed by atoms with van der Waals surface area (Å²) in [4.78, 5) is 13.9. The molecule has 2 saturated heterocycles. The molecule has 0 radical (unpaired) electrons.